The highest BCUT2D eigenvalue weighted by atomic mass is 16.5. The van der Waals surface area contributed by atoms with Crippen LogP contribution in [0.4, 0.5) is 0 Å². The van der Waals surface area contributed by atoms with Gasteiger partial charge in [-0.25, -0.2) is 0 Å². The molecule has 0 saturated carbocycles. The van der Waals surface area contributed by atoms with Gasteiger partial charge in [0, 0.05) is 19.1 Å². The Kier molecular flexibility index (Phi) is 14.1. The van der Waals surface area contributed by atoms with Crippen molar-refractivity contribution in [3.8, 4) is 11.5 Å². The van der Waals surface area contributed by atoms with Crippen LogP contribution in [-0.2, 0) is 6.42 Å². The molecular formula is C25H47NO2. The van der Waals surface area contributed by atoms with Gasteiger partial charge in [0.2, 0.25) is 0 Å². The van der Waals surface area contributed by atoms with Gasteiger partial charge >= 0.3 is 0 Å². The van der Waals surface area contributed by atoms with Gasteiger partial charge in [0.25, 0.3) is 0 Å². The van der Waals surface area contributed by atoms with Crippen molar-refractivity contribution in [1.29, 1.82) is 0 Å². The minimum Gasteiger partial charge on any atom is -0.493 e. The highest BCUT2D eigenvalue weighted by molar-refractivity contribution is 5.49. The molecule has 0 N–H and O–H groups in total. The van der Waals surface area contributed by atoms with Gasteiger partial charge in [-0.2, -0.15) is 0 Å². The molecule has 28 heavy (non-hydrogen) atoms. The van der Waals surface area contributed by atoms with Gasteiger partial charge in [0.05, 0.1) is 14.2 Å². The molecule has 2 atom stereocenters. The van der Waals surface area contributed by atoms with Gasteiger partial charge in [-0.15, -0.1) is 0 Å². The number of nitrogens with zero attached hydrogens (tertiary/aromatic N) is 1. The number of hydrogen-bond acceptors (Lipinski definition) is 3. The smallest absolute Gasteiger partial charge is 0.161 e. The van der Waals surface area contributed by atoms with Crippen LogP contribution in [0.1, 0.15) is 91.8 Å². The third kappa shape index (κ3) is 6.99. The molecule has 1 fully saturated rings. The van der Waals surface area contributed by atoms with Crippen LogP contribution in [0.5, 0.6) is 11.5 Å². The van der Waals surface area contributed by atoms with Crippen LogP contribution in [0.3, 0.4) is 0 Å². The molecule has 2 aliphatic rings. The molecule has 164 valence electrons. The molecule has 0 aromatic heterocycles. The van der Waals surface area contributed by atoms with Gasteiger partial charge in [-0.05, 0) is 60.8 Å². The highest BCUT2D eigenvalue weighted by Crippen LogP contribution is 2.43. The molecule has 2 aliphatic heterocycles. The molecule has 0 spiro atoms. The number of fused-ring (bicyclic) bond motifs is 3. The van der Waals surface area contributed by atoms with E-state index in [1.807, 2.05) is 41.5 Å². The minimum atomic E-state index is 0.576. The molecule has 0 bridgehead atoms. The quantitative estimate of drug-likeness (QED) is 0.542. The molecule has 0 aliphatic carbocycles. The largest absolute Gasteiger partial charge is 0.493 e. The van der Waals surface area contributed by atoms with Crippen LogP contribution < -0.4 is 9.47 Å². The first-order valence-corrected chi connectivity index (χ1v) is 11.6. The summed E-state index contributed by atoms with van der Waals surface area (Å²) in [6.07, 6.45) is 5.12. The Bertz CT molecular complexity index is 528. The van der Waals surface area contributed by atoms with Crippen molar-refractivity contribution in [2.75, 3.05) is 27.3 Å². The minimum absolute atomic E-state index is 0.576. The van der Waals surface area contributed by atoms with Crippen LogP contribution in [0.15, 0.2) is 12.1 Å². The summed E-state index contributed by atoms with van der Waals surface area (Å²) in [7, 11) is 3.45. The fourth-order valence-corrected chi connectivity index (χ4v) is 4.31. The van der Waals surface area contributed by atoms with E-state index in [1.165, 1.54) is 43.5 Å². The molecular weight excluding hydrogens is 346 g/mol. The second kappa shape index (κ2) is 14.7. The summed E-state index contributed by atoms with van der Waals surface area (Å²) >= 11 is 0. The summed E-state index contributed by atoms with van der Waals surface area (Å²) in [5, 5.41) is 0. The Labute approximate surface area is 175 Å². The Balaban J connectivity index is 0.00000111. The van der Waals surface area contributed by atoms with Crippen molar-refractivity contribution >= 4 is 0 Å². The second-order valence-corrected chi connectivity index (χ2v) is 7.24. The number of hydrogen-bond donors (Lipinski definition) is 0. The molecule has 0 radical (unpaired) electrons. The highest BCUT2D eigenvalue weighted by Gasteiger charge is 2.34. The maximum atomic E-state index is 5.51. The molecule has 2 unspecified atom stereocenters. The lowest BCUT2D eigenvalue weighted by atomic mass is 9.81. The second-order valence-electron chi connectivity index (χ2n) is 7.24. The van der Waals surface area contributed by atoms with Gasteiger partial charge < -0.3 is 9.47 Å². The summed E-state index contributed by atoms with van der Waals surface area (Å²) in [5.41, 5.74) is 2.91. The van der Waals surface area contributed by atoms with Crippen LogP contribution in [0.25, 0.3) is 0 Å². The lowest BCUT2D eigenvalue weighted by molar-refractivity contribution is 0.0894. The number of benzene rings is 1. The fraction of sp³-hybridized carbons (Fsp3) is 0.760. The molecule has 0 amide bonds. The third-order valence-corrected chi connectivity index (χ3v) is 5.26. The average Bonchev–Trinajstić information content (AvgIpc) is 2.76. The third-order valence-electron chi connectivity index (χ3n) is 5.26. The fourth-order valence-electron chi connectivity index (χ4n) is 4.31. The first-order chi connectivity index (χ1) is 13.6. The summed E-state index contributed by atoms with van der Waals surface area (Å²) in [6.45, 7) is 19.1. The lowest BCUT2D eigenvalue weighted by Crippen LogP contribution is -2.42. The van der Waals surface area contributed by atoms with E-state index >= 15 is 0 Å². The zero-order valence-electron chi connectivity index (χ0n) is 20.4. The maximum absolute atomic E-state index is 5.51. The Morgan fingerprint density at radius 1 is 0.929 bits per heavy atom. The topological polar surface area (TPSA) is 21.7 Å². The van der Waals surface area contributed by atoms with Crippen molar-refractivity contribution in [1.82, 2.24) is 4.90 Å². The normalized spacial score (nSPS) is 20.1. The monoisotopic (exact) mass is 393 g/mol. The van der Waals surface area contributed by atoms with Gasteiger partial charge in [-0.3, -0.25) is 4.90 Å². The molecule has 3 heteroatoms. The van der Waals surface area contributed by atoms with Crippen molar-refractivity contribution < 1.29 is 9.47 Å². The number of ether oxygens (including phenoxy) is 2. The predicted molar refractivity (Wildman–Crippen MR) is 124 cm³/mol. The summed E-state index contributed by atoms with van der Waals surface area (Å²) < 4.78 is 11.0. The predicted octanol–water partition coefficient (Wildman–Crippen LogP) is 7.14. The van der Waals surface area contributed by atoms with Crippen molar-refractivity contribution in [2.24, 2.45) is 11.8 Å². The van der Waals surface area contributed by atoms with E-state index in [1.54, 1.807) is 14.2 Å². The van der Waals surface area contributed by atoms with Crippen LogP contribution in [0.2, 0.25) is 0 Å². The van der Waals surface area contributed by atoms with Crippen molar-refractivity contribution in [2.45, 2.75) is 87.1 Å². The Morgan fingerprint density at radius 3 is 2.04 bits per heavy atom. The molecule has 3 nitrogen and oxygen atoms in total. The first-order valence-electron chi connectivity index (χ1n) is 11.6. The SMILES string of the molecule is CC.CC.CC.COc1cc2c(cc1OC)C1CCC(CC(C)C)CN1CC2. The van der Waals surface area contributed by atoms with Crippen LogP contribution in [0, 0.1) is 11.8 Å². The molecule has 2 heterocycles. The standard InChI is InChI=1S/C19H29NO2.3C2H6/c1-13(2)9-14-5-6-17-16-11-19(22-4)18(21-3)10-15(16)7-8-20(17)12-14;3*1-2/h10-11,13-14,17H,5-9,12H2,1-4H3;3*1-2H3. The van der Waals surface area contributed by atoms with E-state index in [9.17, 15) is 0 Å². The maximum Gasteiger partial charge on any atom is 0.161 e. The average molecular weight is 394 g/mol. The van der Waals surface area contributed by atoms with Crippen LogP contribution >= 0.6 is 0 Å². The van der Waals surface area contributed by atoms with Gasteiger partial charge in [-0.1, -0.05) is 55.4 Å². The van der Waals surface area contributed by atoms with Crippen LogP contribution in [-0.4, -0.2) is 32.2 Å². The Morgan fingerprint density at radius 2 is 1.50 bits per heavy atom. The van der Waals surface area contributed by atoms with E-state index in [2.05, 4.69) is 30.9 Å². The van der Waals surface area contributed by atoms with Gasteiger partial charge in [0.1, 0.15) is 0 Å². The van der Waals surface area contributed by atoms with Crippen molar-refractivity contribution in [3.63, 3.8) is 0 Å². The summed E-state index contributed by atoms with van der Waals surface area (Å²) in [6, 6.07) is 4.98. The number of rotatable bonds is 4. The number of methoxy groups -OCH3 is 2. The van der Waals surface area contributed by atoms with Gasteiger partial charge in [0.15, 0.2) is 11.5 Å². The lowest BCUT2D eigenvalue weighted by Gasteiger charge is -2.44. The number of piperidine rings is 1. The van der Waals surface area contributed by atoms with E-state index in [-0.39, 0.29) is 0 Å². The zero-order valence-corrected chi connectivity index (χ0v) is 20.4. The van der Waals surface area contributed by atoms with E-state index in [4.69, 9.17) is 9.47 Å². The summed E-state index contributed by atoms with van der Waals surface area (Å²) in [5.74, 6) is 3.41. The summed E-state index contributed by atoms with van der Waals surface area (Å²) in [4.78, 5) is 2.70. The zero-order chi connectivity index (χ0) is 21.7. The molecule has 1 aromatic rings. The van der Waals surface area contributed by atoms with E-state index in [0.717, 1.165) is 29.8 Å². The first kappa shape index (κ1) is 26.8. The van der Waals surface area contributed by atoms with Crippen molar-refractivity contribution in [3.05, 3.63) is 23.3 Å². The molecule has 3 rings (SSSR count). The molecule has 1 saturated heterocycles. The van der Waals surface area contributed by atoms with E-state index in [0.29, 0.717) is 6.04 Å². The molecule has 1 aromatic carbocycles. The van der Waals surface area contributed by atoms with E-state index < -0.39 is 0 Å². The Hall–Kier alpha value is -1.22.